The number of benzene rings is 1. The van der Waals surface area contributed by atoms with Crippen LogP contribution in [0, 0.1) is 5.92 Å². The minimum atomic E-state index is -1.43. The summed E-state index contributed by atoms with van der Waals surface area (Å²) < 4.78 is 2.20. The summed E-state index contributed by atoms with van der Waals surface area (Å²) in [5, 5.41) is 20.7. The molecule has 3 aromatic rings. The molecule has 0 atom stereocenters. The van der Waals surface area contributed by atoms with E-state index in [0.717, 1.165) is 42.0 Å². The van der Waals surface area contributed by atoms with E-state index in [-0.39, 0.29) is 0 Å². The first-order chi connectivity index (χ1) is 14.8. The SMILES string of the molecule is CCc1c(-c2ccc3c(c2)cc(CN2CCC(C)CC2)n3C)[nH]c(=O)c(C(=O)O)c1O. The number of nitrogens with zero attached hydrogens (tertiary/aromatic N) is 2. The lowest BCUT2D eigenvalue weighted by atomic mass is 9.99. The van der Waals surface area contributed by atoms with Crippen LogP contribution in [-0.4, -0.2) is 43.7 Å². The molecular weight excluding hydrogens is 394 g/mol. The fourth-order valence-corrected chi connectivity index (χ4v) is 4.58. The summed E-state index contributed by atoms with van der Waals surface area (Å²) in [6, 6.07) is 8.07. The van der Waals surface area contributed by atoms with Crippen LogP contribution < -0.4 is 5.56 Å². The van der Waals surface area contributed by atoms with Gasteiger partial charge in [-0.05, 0) is 62.0 Å². The van der Waals surface area contributed by atoms with Crippen LogP contribution in [0.4, 0.5) is 0 Å². The summed E-state index contributed by atoms with van der Waals surface area (Å²) >= 11 is 0. The molecule has 7 heteroatoms. The second-order valence-electron chi connectivity index (χ2n) is 8.62. The highest BCUT2D eigenvalue weighted by molar-refractivity contribution is 5.92. The number of carboxylic acid groups (broad SMARTS) is 1. The normalized spacial score (nSPS) is 15.6. The van der Waals surface area contributed by atoms with Crippen LogP contribution in [-0.2, 0) is 20.0 Å². The van der Waals surface area contributed by atoms with Gasteiger partial charge in [0.2, 0.25) is 0 Å². The maximum absolute atomic E-state index is 12.3. The lowest BCUT2D eigenvalue weighted by Gasteiger charge is -2.30. The third kappa shape index (κ3) is 3.85. The van der Waals surface area contributed by atoms with Crippen molar-refractivity contribution in [2.24, 2.45) is 13.0 Å². The van der Waals surface area contributed by atoms with E-state index >= 15 is 0 Å². The van der Waals surface area contributed by atoms with E-state index in [1.54, 1.807) is 0 Å². The number of likely N-dealkylation sites (tertiary alicyclic amines) is 1. The molecule has 31 heavy (non-hydrogen) atoms. The van der Waals surface area contributed by atoms with E-state index in [4.69, 9.17) is 0 Å². The summed E-state index contributed by atoms with van der Waals surface area (Å²) in [6.07, 6.45) is 2.86. The fourth-order valence-electron chi connectivity index (χ4n) is 4.58. The van der Waals surface area contributed by atoms with Gasteiger partial charge in [-0.3, -0.25) is 9.69 Å². The zero-order valence-electron chi connectivity index (χ0n) is 18.2. The van der Waals surface area contributed by atoms with Crippen molar-refractivity contribution in [1.29, 1.82) is 0 Å². The topological polar surface area (TPSA) is 98.6 Å². The zero-order valence-corrected chi connectivity index (χ0v) is 18.2. The Bertz CT molecular complexity index is 1200. The van der Waals surface area contributed by atoms with Gasteiger partial charge in [0.1, 0.15) is 5.75 Å². The van der Waals surface area contributed by atoms with Crippen LogP contribution in [0.3, 0.4) is 0 Å². The molecule has 0 saturated carbocycles. The molecule has 3 heterocycles. The van der Waals surface area contributed by atoms with E-state index in [0.29, 0.717) is 17.7 Å². The number of hydrogen-bond acceptors (Lipinski definition) is 4. The summed E-state index contributed by atoms with van der Waals surface area (Å²) in [5.41, 5.74) is 2.55. The number of hydrogen-bond donors (Lipinski definition) is 3. The molecule has 164 valence electrons. The Hall–Kier alpha value is -3.06. The van der Waals surface area contributed by atoms with Gasteiger partial charge in [-0.2, -0.15) is 0 Å². The number of aromatic amines is 1. The summed E-state index contributed by atoms with van der Waals surface area (Å²) in [7, 11) is 2.07. The van der Waals surface area contributed by atoms with E-state index in [2.05, 4.69) is 34.5 Å². The van der Waals surface area contributed by atoms with Crippen LogP contribution in [0.5, 0.6) is 5.75 Å². The number of aromatic nitrogens is 2. The molecule has 2 aromatic heterocycles. The first kappa shape index (κ1) is 21.2. The second kappa shape index (κ2) is 8.23. The first-order valence-corrected chi connectivity index (χ1v) is 10.8. The van der Waals surface area contributed by atoms with E-state index < -0.39 is 22.8 Å². The Labute approximate surface area is 180 Å². The largest absolute Gasteiger partial charge is 0.506 e. The zero-order chi connectivity index (χ0) is 22.3. The number of H-pyrrole nitrogens is 1. The van der Waals surface area contributed by atoms with Crippen molar-refractivity contribution in [3.63, 3.8) is 0 Å². The molecule has 3 N–H and O–H groups in total. The molecule has 0 aliphatic carbocycles. The molecule has 0 radical (unpaired) electrons. The molecule has 0 spiro atoms. The lowest BCUT2D eigenvalue weighted by molar-refractivity contribution is 0.0691. The molecule has 1 aliphatic rings. The number of aryl methyl sites for hydroxylation is 1. The molecule has 0 amide bonds. The number of carboxylic acids is 1. The minimum Gasteiger partial charge on any atom is -0.506 e. The highest BCUT2D eigenvalue weighted by atomic mass is 16.4. The number of aromatic hydroxyl groups is 1. The Balaban J connectivity index is 1.73. The van der Waals surface area contributed by atoms with E-state index in [9.17, 15) is 19.8 Å². The van der Waals surface area contributed by atoms with Crippen LogP contribution in [0.1, 0.15) is 48.3 Å². The maximum atomic E-state index is 12.3. The monoisotopic (exact) mass is 423 g/mol. The van der Waals surface area contributed by atoms with Gasteiger partial charge >= 0.3 is 5.97 Å². The van der Waals surface area contributed by atoms with Crippen molar-refractivity contribution in [2.75, 3.05) is 13.1 Å². The number of aromatic carboxylic acids is 1. The molecule has 0 bridgehead atoms. The summed E-state index contributed by atoms with van der Waals surface area (Å²) in [5.74, 6) is -1.10. The van der Waals surface area contributed by atoms with Gasteiger partial charge in [0, 0.05) is 35.8 Å². The number of nitrogens with one attached hydrogen (secondary N) is 1. The van der Waals surface area contributed by atoms with Gasteiger partial charge in [0.05, 0.1) is 5.69 Å². The molecule has 4 rings (SSSR count). The van der Waals surface area contributed by atoms with Crippen molar-refractivity contribution in [3.05, 3.63) is 51.4 Å². The van der Waals surface area contributed by atoms with Crippen LogP contribution >= 0.6 is 0 Å². The molecule has 0 unspecified atom stereocenters. The van der Waals surface area contributed by atoms with Crippen molar-refractivity contribution >= 4 is 16.9 Å². The average Bonchev–Trinajstić information content (AvgIpc) is 3.03. The van der Waals surface area contributed by atoms with Gasteiger partial charge in [-0.1, -0.05) is 19.9 Å². The highest BCUT2D eigenvalue weighted by Gasteiger charge is 2.22. The predicted octanol–water partition coefficient (Wildman–Crippen LogP) is 3.73. The standard InChI is InChI=1S/C24H29N3O4/c1-4-18-21(25-23(29)20(22(18)28)24(30)31)15-5-6-19-16(11-15)12-17(26(19)3)13-27-9-7-14(2)8-10-27/h5-6,11-12,14H,4,7-10,13H2,1-3H3,(H,30,31)(H2,25,28,29). The number of pyridine rings is 1. The molecule has 1 saturated heterocycles. The molecule has 7 nitrogen and oxygen atoms in total. The van der Waals surface area contributed by atoms with Crippen molar-refractivity contribution in [2.45, 2.75) is 39.7 Å². The average molecular weight is 424 g/mol. The van der Waals surface area contributed by atoms with Crippen molar-refractivity contribution < 1.29 is 15.0 Å². The van der Waals surface area contributed by atoms with Gasteiger partial charge in [0.15, 0.2) is 5.56 Å². The molecule has 1 aliphatic heterocycles. The Morgan fingerprint density at radius 2 is 1.94 bits per heavy atom. The second-order valence-corrected chi connectivity index (χ2v) is 8.62. The Morgan fingerprint density at radius 3 is 2.58 bits per heavy atom. The number of piperidine rings is 1. The molecular formula is C24H29N3O4. The molecule has 1 aromatic carbocycles. The first-order valence-electron chi connectivity index (χ1n) is 10.8. The number of rotatable bonds is 5. The minimum absolute atomic E-state index is 0.393. The summed E-state index contributed by atoms with van der Waals surface area (Å²) in [6.45, 7) is 7.26. The van der Waals surface area contributed by atoms with Crippen LogP contribution in [0.25, 0.3) is 22.2 Å². The van der Waals surface area contributed by atoms with Gasteiger partial charge in [-0.15, -0.1) is 0 Å². The third-order valence-corrected chi connectivity index (χ3v) is 6.55. The number of carbonyl (C=O) groups is 1. The Morgan fingerprint density at radius 1 is 1.23 bits per heavy atom. The lowest BCUT2D eigenvalue weighted by Crippen LogP contribution is -2.32. The quantitative estimate of drug-likeness (QED) is 0.581. The van der Waals surface area contributed by atoms with Gasteiger partial charge in [0.25, 0.3) is 5.56 Å². The van der Waals surface area contributed by atoms with E-state index in [1.165, 1.54) is 18.5 Å². The van der Waals surface area contributed by atoms with Crippen molar-refractivity contribution in [3.8, 4) is 17.0 Å². The van der Waals surface area contributed by atoms with Gasteiger partial charge < -0.3 is 19.8 Å². The smallest absolute Gasteiger partial charge is 0.345 e. The van der Waals surface area contributed by atoms with Gasteiger partial charge in [-0.25, -0.2) is 4.79 Å². The predicted molar refractivity (Wildman–Crippen MR) is 121 cm³/mol. The maximum Gasteiger partial charge on any atom is 0.345 e. The van der Waals surface area contributed by atoms with Crippen LogP contribution in [0.15, 0.2) is 29.1 Å². The summed E-state index contributed by atoms with van der Waals surface area (Å²) in [4.78, 5) is 28.8. The number of fused-ring (bicyclic) bond motifs is 1. The highest BCUT2D eigenvalue weighted by Crippen LogP contribution is 2.32. The van der Waals surface area contributed by atoms with Crippen molar-refractivity contribution in [1.82, 2.24) is 14.5 Å². The molecule has 1 fully saturated rings. The van der Waals surface area contributed by atoms with E-state index in [1.807, 2.05) is 25.1 Å². The Kier molecular flexibility index (Phi) is 5.62. The fraction of sp³-hybridized carbons (Fsp3) is 0.417. The third-order valence-electron chi connectivity index (χ3n) is 6.55. The van der Waals surface area contributed by atoms with Crippen LogP contribution in [0.2, 0.25) is 0 Å².